The van der Waals surface area contributed by atoms with Crippen LogP contribution >= 0.6 is 0 Å². The molecule has 1 fully saturated rings. The first-order valence-electron chi connectivity index (χ1n) is 10.6. The average molecular weight is 449 g/mol. The highest BCUT2D eigenvalue weighted by molar-refractivity contribution is 5.83. The number of oxazole rings is 1. The fourth-order valence-electron chi connectivity index (χ4n) is 4.08. The van der Waals surface area contributed by atoms with Gasteiger partial charge in [0.25, 0.3) is 0 Å². The Bertz CT molecular complexity index is 1380. The summed E-state index contributed by atoms with van der Waals surface area (Å²) in [5.74, 6) is 0.148. The Labute approximate surface area is 189 Å². The molecule has 1 aliphatic heterocycles. The molecule has 2 aromatic heterocycles. The molecule has 0 amide bonds. The van der Waals surface area contributed by atoms with E-state index in [9.17, 15) is 9.18 Å². The number of hydrogen-bond donors (Lipinski definition) is 3. The first kappa shape index (κ1) is 21.0. The molecule has 0 bridgehead atoms. The van der Waals surface area contributed by atoms with E-state index in [4.69, 9.17) is 10.2 Å². The molecule has 0 radical (unpaired) electrons. The van der Waals surface area contributed by atoms with Crippen LogP contribution in [0.25, 0.3) is 22.4 Å². The van der Waals surface area contributed by atoms with Crippen LogP contribution in [0.3, 0.4) is 0 Å². The topological polar surface area (TPSA) is 116 Å². The van der Waals surface area contributed by atoms with Crippen molar-refractivity contribution < 1.29 is 8.81 Å². The molecule has 0 aliphatic carbocycles. The number of aromatic amines is 1. The van der Waals surface area contributed by atoms with E-state index in [0.29, 0.717) is 41.4 Å². The quantitative estimate of drug-likeness (QED) is 0.407. The van der Waals surface area contributed by atoms with Crippen molar-refractivity contribution in [2.45, 2.75) is 13.2 Å². The normalized spacial score (nSPS) is 16.9. The van der Waals surface area contributed by atoms with E-state index < -0.39 is 12.1 Å². The number of fused-ring (bicyclic) bond motifs is 1. The lowest BCUT2D eigenvalue weighted by molar-refractivity contribution is 0.0973. The van der Waals surface area contributed by atoms with Gasteiger partial charge in [-0.3, -0.25) is 9.88 Å². The Morgan fingerprint density at radius 3 is 2.85 bits per heavy atom. The van der Waals surface area contributed by atoms with Crippen LogP contribution < -0.4 is 21.7 Å². The number of halogens is 1. The predicted octanol–water partition coefficient (Wildman–Crippen LogP) is 3.26. The standard InChI is InChI=1S/C23H24FN7O2/c1-13-20(15-5-3-4-6-17(15)31-10-9-30(2)19(24)12-31)28-22(25)29-21(13)26-14-7-8-18-16(11-14)27-23(32)33-18/h3-8,11,19H,9-10,12H2,1-2H3,(H,27,32)(H3,25,26,28,29). The van der Waals surface area contributed by atoms with Crippen molar-refractivity contribution in [3.8, 4) is 11.3 Å². The van der Waals surface area contributed by atoms with Crippen molar-refractivity contribution in [1.82, 2.24) is 19.9 Å². The van der Waals surface area contributed by atoms with Crippen molar-refractivity contribution in [2.75, 3.05) is 42.6 Å². The Balaban J connectivity index is 1.53. The summed E-state index contributed by atoms with van der Waals surface area (Å²) in [5.41, 5.74) is 11.1. The van der Waals surface area contributed by atoms with E-state index in [2.05, 4.69) is 20.3 Å². The second-order valence-corrected chi connectivity index (χ2v) is 8.13. The molecule has 2 aromatic carbocycles. The van der Waals surface area contributed by atoms with Gasteiger partial charge in [-0.05, 0) is 38.2 Å². The average Bonchev–Trinajstić information content (AvgIpc) is 3.17. The summed E-state index contributed by atoms with van der Waals surface area (Å²) in [6.45, 7) is 3.53. The van der Waals surface area contributed by atoms with Gasteiger partial charge in [-0.25, -0.2) is 14.2 Å². The summed E-state index contributed by atoms with van der Waals surface area (Å²) in [6, 6.07) is 13.0. The van der Waals surface area contributed by atoms with Gasteiger partial charge in [0.2, 0.25) is 5.95 Å². The number of hydrogen-bond acceptors (Lipinski definition) is 8. The van der Waals surface area contributed by atoms with Crippen LogP contribution in [-0.2, 0) is 0 Å². The van der Waals surface area contributed by atoms with Gasteiger partial charge < -0.3 is 20.4 Å². The number of aromatic nitrogens is 3. The maximum absolute atomic E-state index is 14.4. The summed E-state index contributed by atoms with van der Waals surface area (Å²) >= 11 is 0. The van der Waals surface area contributed by atoms with Gasteiger partial charge in [0.05, 0.1) is 17.8 Å². The molecule has 170 valence electrons. The van der Waals surface area contributed by atoms with E-state index >= 15 is 0 Å². The maximum Gasteiger partial charge on any atom is 0.417 e. The SMILES string of the molecule is Cc1c(Nc2ccc3oc(=O)[nH]c3c2)nc(N)nc1-c1ccccc1N1CCN(C)C(F)C1. The minimum Gasteiger partial charge on any atom is -0.408 e. The number of nitrogens with zero attached hydrogens (tertiary/aromatic N) is 4. The number of rotatable bonds is 4. The lowest BCUT2D eigenvalue weighted by atomic mass is 10.0. The van der Waals surface area contributed by atoms with Crippen LogP contribution in [0.4, 0.5) is 27.5 Å². The summed E-state index contributed by atoms with van der Waals surface area (Å²) in [6.07, 6.45) is -1.04. The molecule has 1 saturated heterocycles. The van der Waals surface area contributed by atoms with Gasteiger partial charge in [0.1, 0.15) is 5.82 Å². The number of piperazine rings is 1. The molecular formula is C23H24FN7O2. The molecule has 3 heterocycles. The highest BCUT2D eigenvalue weighted by Gasteiger charge is 2.26. The molecule has 1 aliphatic rings. The van der Waals surface area contributed by atoms with E-state index in [1.165, 1.54) is 0 Å². The first-order valence-corrected chi connectivity index (χ1v) is 10.6. The van der Waals surface area contributed by atoms with Crippen LogP contribution in [0.2, 0.25) is 0 Å². The van der Waals surface area contributed by atoms with Crippen LogP contribution in [0.5, 0.6) is 0 Å². The maximum atomic E-state index is 14.4. The number of para-hydroxylation sites is 1. The molecule has 9 nitrogen and oxygen atoms in total. The Morgan fingerprint density at radius 1 is 1.21 bits per heavy atom. The van der Waals surface area contributed by atoms with Crippen LogP contribution in [0.15, 0.2) is 51.7 Å². The smallest absolute Gasteiger partial charge is 0.408 e. The molecule has 0 saturated carbocycles. The number of nitrogens with one attached hydrogen (secondary N) is 2. The molecule has 1 unspecified atom stereocenters. The molecule has 4 N–H and O–H groups in total. The lowest BCUT2D eigenvalue weighted by Gasteiger charge is -2.37. The number of likely N-dealkylation sites (N-methyl/N-ethyl adjacent to an activating group) is 1. The Morgan fingerprint density at radius 2 is 2.03 bits per heavy atom. The van der Waals surface area contributed by atoms with Crippen LogP contribution in [0, 0.1) is 6.92 Å². The Kier molecular flexibility index (Phi) is 5.21. The molecule has 5 rings (SSSR count). The van der Waals surface area contributed by atoms with E-state index in [0.717, 1.165) is 16.8 Å². The minimum absolute atomic E-state index is 0.118. The lowest BCUT2D eigenvalue weighted by Crippen LogP contribution is -2.49. The summed E-state index contributed by atoms with van der Waals surface area (Å²) in [7, 11) is 1.79. The Hall–Kier alpha value is -3.92. The van der Waals surface area contributed by atoms with E-state index in [-0.39, 0.29) is 12.5 Å². The van der Waals surface area contributed by atoms with Crippen molar-refractivity contribution in [1.29, 1.82) is 0 Å². The van der Waals surface area contributed by atoms with Crippen LogP contribution in [-0.4, -0.2) is 52.8 Å². The fourth-order valence-corrected chi connectivity index (χ4v) is 4.08. The second kappa shape index (κ2) is 8.21. The highest BCUT2D eigenvalue weighted by Crippen LogP contribution is 2.35. The van der Waals surface area contributed by atoms with Crippen molar-refractivity contribution >= 4 is 34.2 Å². The largest absolute Gasteiger partial charge is 0.417 e. The third-order valence-electron chi connectivity index (χ3n) is 5.92. The summed E-state index contributed by atoms with van der Waals surface area (Å²) in [5, 5.41) is 3.26. The molecule has 33 heavy (non-hydrogen) atoms. The number of benzene rings is 2. The predicted molar refractivity (Wildman–Crippen MR) is 126 cm³/mol. The van der Waals surface area contributed by atoms with Gasteiger partial charge >= 0.3 is 5.76 Å². The van der Waals surface area contributed by atoms with Crippen molar-refractivity contribution in [2.24, 2.45) is 0 Å². The number of anilines is 4. The first-order chi connectivity index (χ1) is 15.9. The fraction of sp³-hybridized carbons (Fsp3) is 0.261. The van der Waals surface area contributed by atoms with Crippen LogP contribution in [0.1, 0.15) is 5.56 Å². The summed E-state index contributed by atoms with van der Waals surface area (Å²) < 4.78 is 19.5. The zero-order valence-electron chi connectivity index (χ0n) is 18.3. The number of nitrogen functional groups attached to an aromatic ring is 1. The minimum atomic E-state index is -1.04. The molecule has 10 heteroatoms. The molecule has 1 atom stereocenters. The zero-order valence-corrected chi connectivity index (χ0v) is 18.3. The summed E-state index contributed by atoms with van der Waals surface area (Å²) in [4.78, 5) is 26.7. The number of H-pyrrole nitrogens is 1. The second-order valence-electron chi connectivity index (χ2n) is 8.13. The van der Waals surface area contributed by atoms with E-state index in [1.54, 1.807) is 30.1 Å². The number of nitrogens with two attached hydrogens (primary N) is 1. The van der Waals surface area contributed by atoms with Crippen molar-refractivity contribution in [3.05, 3.63) is 58.6 Å². The van der Waals surface area contributed by atoms with Gasteiger partial charge in [0, 0.05) is 35.6 Å². The highest BCUT2D eigenvalue weighted by atomic mass is 19.1. The van der Waals surface area contributed by atoms with Gasteiger partial charge in [0.15, 0.2) is 11.9 Å². The third kappa shape index (κ3) is 4.00. The monoisotopic (exact) mass is 449 g/mol. The zero-order chi connectivity index (χ0) is 23.1. The van der Waals surface area contributed by atoms with Crippen molar-refractivity contribution in [3.63, 3.8) is 0 Å². The molecule has 4 aromatic rings. The van der Waals surface area contributed by atoms with Gasteiger partial charge in [-0.2, -0.15) is 4.98 Å². The van der Waals surface area contributed by atoms with Gasteiger partial charge in [-0.15, -0.1) is 0 Å². The molecule has 0 spiro atoms. The third-order valence-corrected chi connectivity index (χ3v) is 5.92. The molecular weight excluding hydrogens is 425 g/mol. The number of alkyl halides is 1. The van der Waals surface area contributed by atoms with Gasteiger partial charge in [-0.1, -0.05) is 18.2 Å². The van der Waals surface area contributed by atoms with E-state index in [1.807, 2.05) is 36.1 Å².